The lowest BCUT2D eigenvalue weighted by atomic mass is 10.2. The molecule has 3 aromatic rings. The lowest BCUT2D eigenvalue weighted by Crippen LogP contribution is -1.92. The number of aliphatic imine (C=N–C) groups is 1. The van der Waals surface area contributed by atoms with Gasteiger partial charge in [-0.1, -0.05) is 36.1 Å². The van der Waals surface area contributed by atoms with Gasteiger partial charge in [-0.25, -0.2) is 9.98 Å². The number of aromatic nitrogens is 1. The predicted molar refractivity (Wildman–Crippen MR) is 89.0 cm³/mol. The maximum Gasteiger partial charge on any atom is 0.210 e. The van der Waals surface area contributed by atoms with Gasteiger partial charge in [0.1, 0.15) is 12.4 Å². The van der Waals surface area contributed by atoms with Crippen molar-refractivity contribution in [3.63, 3.8) is 0 Å². The van der Waals surface area contributed by atoms with Gasteiger partial charge in [0.05, 0.1) is 10.2 Å². The maximum absolute atomic E-state index is 5.44. The molecule has 0 bridgehead atoms. The zero-order valence-electron chi connectivity index (χ0n) is 11.4. The van der Waals surface area contributed by atoms with E-state index in [0.717, 1.165) is 26.7 Å². The van der Waals surface area contributed by atoms with Crippen LogP contribution in [-0.4, -0.2) is 17.8 Å². The second-order valence-electron chi connectivity index (χ2n) is 4.39. The summed E-state index contributed by atoms with van der Waals surface area (Å²) in [7, 11) is 0. The molecule has 104 valence electrons. The largest absolute Gasteiger partial charge is 0.490 e. The van der Waals surface area contributed by atoms with Crippen LogP contribution >= 0.6 is 11.3 Å². The van der Waals surface area contributed by atoms with E-state index in [0.29, 0.717) is 6.61 Å². The number of nitrogens with zero attached hydrogens (tertiary/aromatic N) is 2. The Labute approximate surface area is 127 Å². The highest BCUT2D eigenvalue weighted by Gasteiger charge is 2.00. The van der Waals surface area contributed by atoms with E-state index in [1.54, 1.807) is 17.4 Å². The Morgan fingerprint density at radius 3 is 2.71 bits per heavy atom. The quantitative estimate of drug-likeness (QED) is 0.508. The van der Waals surface area contributed by atoms with Crippen LogP contribution in [0.1, 0.15) is 5.56 Å². The number of fused-ring (bicyclic) bond motifs is 1. The van der Waals surface area contributed by atoms with Crippen molar-refractivity contribution in [1.82, 2.24) is 4.98 Å². The Bertz CT molecular complexity index is 742. The summed E-state index contributed by atoms with van der Waals surface area (Å²) in [5, 5.41) is 0.767. The highest BCUT2D eigenvalue weighted by Crippen LogP contribution is 2.27. The number of ether oxygens (including phenoxy) is 1. The number of thiazole rings is 1. The third-order valence-corrected chi connectivity index (χ3v) is 3.80. The standard InChI is InChI=1S/C17H14N2OS/c1-2-11-20-14-9-7-13(8-10-14)12-18-17-19-15-5-3-4-6-16(15)21-17/h2-10,12H,1,11H2/b18-12+. The minimum atomic E-state index is 0.513. The Hall–Kier alpha value is -2.46. The average molecular weight is 294 g/mol. The molecule has 0 radical (unpaired) electrons. The van der Waals surface area contributed by atoms with E-state index >= 15 is 0 Å². The van der Waals surface area contributed by atoms with Crippen LogP contribution < -0.4 is 4.74 Å². The first-order chi connectivity index (χ1) is 10.3. The van der Waals surface area contributed by atoms with E-state index in [9.17, 15) is 0 Å². The molecule has 21 heavy (non-hydrogen) atoms. The van der Waals surface area contributed by atoms with Crippen LogP contribution in [0.4, 0.5) is 5.13 Å². The summed E-state index contributed by atoms with van der Waals surface area (Å²) < 4.78 is 6.59. The smallest absolute Gasteiger partial charge is 0.210 e. The fourth-order valence-electron chi connectivity index (χ4n) is 1.85. The molecule has 0 fully saturated rings. The average Bonchev–Trinajstić information content (AvgIpc) is 2.95. The van der Waals surface area contributed by atoms with E-state index in [2.05, 4.69) is 22.6 Å². The third-order valence-electron chi connectivity index (χ3n) is 2.85. The SMILES string of the molecule is C=CCOc1ccc(/C=N/c2nc3ccccc3s2)cc1. The van der Waals surface area contributed by atoms with Crippen LogP contribution in [0, 0.1) is 0 Å². The molecule has 0 unspecified atom stereocenters. The summed E-state index contributed by atoms with van der Waals surface area (Å²) >= 11 is 1.59. The number of hydrogen-bond acceptors (Lipinski definition) is 4. The first-order valence-electron chi connectivity index (χ1n) is 6.58. The van der Waals surface area contributed by atoms with Crippen LogP contribution in [0.15, 0.2) is 66.2 Å². The molecule has 1 aromatic heterocycles. The maximum atomic E-state index is 5.44. The van der Waals surface area contributed by atoms with Crippen molar-refractivity contribution in [2.24, 2.45) is 4.99 Å². The summed E-state index contributed by atoms with van der Waals surface area (Å²) in [6.45, 7) is 4.14. The van der Waals surface area contributed by atoms with Gasteiger partial charge in [0, 0.05) is 6.21 Å². The highest BCUT2D eigenvalue weighted by atomic mass is 32.1. The van der Waals surface area contributed by atoms with E-state index in [-0.39, 0.29) is 0 Å². The van der Waals surface area contributed by atoms with Gasteiger partial charge in [0.15, 0.2) is 0 Å². The van der Waals surface area contributed by atoms with Gasteiger partial charge in [0.2, 0.25) is 5.13 Å². The van der Waals surface area contributed by atoms with E-state index in [4.69, 9.17) is 4.74 Å². The second kappa shape index (κ2) is 6.33. The number of benzene rings is 2. The van der Waals surface area contributed by atoms with Crippen molar-refractivity contribution < 1.29 is 4.74 Å². The monoisotopic (exact) mass is 294 g/mol. The van der Waals surface area contributed by atoms with E-state index in [1.807, 2.05) is 48.7 Å². The van der Waals surface area contributed by atoms with Crippen LogP contribution in [0.25, 0.3) is 10.2 Å². The molecule has 0 aliphatic heterocycles. The minimum absolute atomic E-state index is 0.513. The van der Waals surface area contributed by atoms with Gasteiger partial charge < -0.3 is 4.74 Å². The number of para-hydroxylation sites is 1. The Morgan fingerprint density at radius 2 is 1.95 bits per heavy atom. The molecule has 0 atom stereocenters. The Balaban J connectivity index is 1.74. The fraction of sp³-hybridized carbons (Fsp3) is 0.0588. The molecule has 0 saturated carbocycles. The van der Waals surface area contributed by atoms with Gasteiger partial charge in [-0.3, -0.25) is 0 Å². The zero-order chi connectivity index (χ0) is 14.5. The lowest BCUT2D eigenvalue weighted by Gasteiger charge is -2.02. The normalized spacial score (nSPS) is 11.0. The highest BCUT2D eigenvalue weighted by molar-refractivity contribution is 7.22. The topological polar surface area (TPSA) is 34.5 Å². The van der Waals surface area contributed by atoms with Gasteiger partial charge in [-0.05, 0) is 42.0 Å². The summed E-state index contributed by atoms with van der Waals surface area (Å²) in [5.74, 6) is 0.826. The van der Waals surface area contributed by atoms with Crippen LogP contribution in [0.2, 0.25) is 0 Å². The molecular weight excluding hydrogens is 280 g/mol. The Kier molecular flexibility index (Phi) is 4.07. The van der Waals surface area contributed by atoms with E-state index in [1.165, 1.54) is 0 Å². The van der Waals surface area contributed by atoms with Gasteiger partial charge in [-0.15, -0.1) is 0 Å². The summed E-state index contributed by atoms with van der Waals surface area (Å²) in [4.78, 5) is 8.90. The van der Waals surface area contributed by atoms with Crippen molar-refractivity contribution in [2.45, 2.75) is 0 Å². The third kappa shape index (κ3) is 3.35. The molecule has 0 saturated heterocycles. The zero-order valence-corrected chi connectivity index (χ0v) is 12.2. The molecule has 0 amide bonds. The molecule has 3 nitrogen and oxygen atoms in total. The predicted octanol–water partition coefficient (Wildman–Crippen LogP) is 4.61. The van der Waals surface area contributed by atoms with Crippen molar-refractivity contribution in [1.29, 1.82) is 0 Å². The molecule has 0 spiro atoms. The molecule has 2 aromatic carbocycles. The second-order valence-corrected chi connectivity index (χ2v) is 5.40. The van der Waals surface area contributed by atoms with Crippen molar-refractivity contribution in [3.8, 4) is 5.75 Å². The molecule has 0 N–H and O–H groups in total. The van der Waals surface area contributed by atoms with Crippen molar-refractivity contribution in [2.75, 3.05) is 6.61 Å². The molecule has 0 aliphatic rings. The van der Waals surface area contributed by atoms with E-state index < -0.39 is 0 Å². The molecule has 1 heterocycles. The van der Waals surface area contributed by atoms with Crippen LogP contribution in [-0.2, 0) is 0 Å². The van der Waals surface area contributed by atoms with Crippen LogP contribution in [0.5, 0.6) is 5.75 Å². The van der Waals surface area contributed by atoms with Gasteiger partial charge >= 0.3 is 0 Å². The summed E-state index contributed by atoms with van der Waals surface area (Å²) in [6, 6.07) is 15.8. The summed E-state index contributed by atoms with van der Waals surface area (Å²) in [6.07, 6.45) is 3.54. The number of hydrogen-bond donors (Lipinski definition) is 0. The number of rotatable bonds is 5. The first kappa shape index (κ1) is 13.5. The molecule has 4 heteroatoms. The van der Waals surface area contributed by atoms with Crippen molar-refractivity contribution in [3.05, 3.63) is 66.7 Å². The van der Waals surface area contributed by atoms with Gasteiger partial charge in [0.25, 0.3) is 0 Å². The van der Waals surface area contributed by atoms with Crippen LogP contribution in [0.3, 0.4) is 0 Å². The molecule has 3 rings (SSSR count). The Morgan fingerprint density at radius 1 is 1.14 bits per heavy atom. The minimum Gasteiger partial charge on any atom is -0.490 e. The van der Waals surface area contributed by atoms with Gasteiger partial charge in [-0.2, -0.15) is 0 Å². The lowest BCUT2D eigenvalue weighted by molar-refractivity contribution is 0.363. The molecule has 0 aliphatic carbocycles. The first-order valence-corrected chi connectivity index (χ1v) is 7.40. The van der Waals surface area contributed by atoms with Crippen molar-refractivity contribution >= 4 is 32.9 Å². The fourth-order valence-corrected chi connectivity index (χ4v) is 2.66. The molecular formula is C17H14N2OS. The summed E-state index contributed by atoms with van der Waals surface area (Å²) in [5.41, 5.74) is 2.00.